The minimum Gasteiger partial charge on any atom is -0.494 e. The highest BCUT2D eigenvalue weighted by atomic mass is 35.5. The molecule has 0 saturated carbocycles. The van der Waals surface area contributed by atoms with Crippen molar-refractivity contribution in [3.63, 3.8) is 0 Å². The number of aliphatic hydroxyl groups excluding tert-OH is 2. The minimum atomic E-state index is -0.383. The summed E-state index contributed by atoms with van der Waals surface area (Å²) in [6, 6.07) is 54.4. The van der Waals surface area contributed by atoms with Gasteiger partial charge in [-0.2, -0.15) is 0 Å². The van der Waals surface area contributed by atoms with E-state index >= 15 is 0 Å². The van der Waals surface area contributed by atoms with Gasteiger partial charge in [0, 0.05) is 163 Å². The fourth-order valence-corrected chi connectivity index (χ4v) is 18.2. The molecular formula is C103H135Cl4N5O14S4. The summed E-state index contributed by atoms with van der Waals surface area (Å²) in [5.41, 5.74) is 1.54. The normalized spacial score (nSPS) is 10.9. The first-order valence-corrected chi connectivity index (χ1v) is 50.5. The Kier molecular flexibility index (Phi) is 57.4. The van der Waals surface area contributed by atoms with Gasteiger partial charge in [-0.15, -0.1) is 80.1 Å². The third kappa shape index (κ3) is 41.2. The molecule has 19 nitrogen and oxygen atoms in total. The Morgan fingerprint density at radius 3 is 0.969 bits per heavy atom. The van der Waals surface area contributed by atoms with Gasteiger partial charge < -0.3 is 58.4 Å². The Labute approximate surface area is 804 Å². The van der Waals surface area contributed by atoms with Crippen molar-refractivity contribution in [2.45, 2.75) is 138 Å². The molecule has 8 aromatic carbocycles. The van der Waals surface area contributed by atoms with Crippen LogP contribution in [0, 0.1) is 0 Å². The summed E-state index contributed by atoms with van der Waals surface area (Å²) in [5.74, 6) is 2.87. The van der Waals surface area contributed by atoms with Crippen molar-refractivity contribution < 1.29 is 48.3 Å². The minimum absolute atomic E-state index is 0.0521. The van der Waals surface area contributed by atoms with Crippen molar-refractivity contribution in [2.75, 3.05) is 164 Å². The number of aryl methyl sites for hydroxylation is 1. The molecule has 0 unspecified atom stereocenters. The molecule has 0 atom stereocenters. The summed E-state index contributed by atoms with van der Waals surface area (Å²) in [4.78, 5) is 94.0. The van der Waals surface area contributed by atoms with Crippen LogP contribution in [0.3, 0.4) is 0 Å². The van der Waals surface area contributed by atoms with Gasteiger partial charge in [0.1, 0.15) is 17.2 Å². The standard InChI is InChI=1S/C23H26ClNO4S.C23H25NO4S.C20H23NO3S.C17H15ClOS.2C6H15N.C5H12O.C3H4Cl2O/c1-25(13-5-15-29-22(26)10-11-24)12-4-14-28-17-8-9-21-19(16-17)23(27)18-6-2-3-7-20(18)30-21;1-3-22(25)28-15-7-13-24(2)12-6-14-27-17-10-11-21-19(16-17)23(26)18-8-4-5-9-20(18)29-21;1-21(10-4-12-22)11-5-13-24-15-8-9-19-17(14-15)20(23)16-6-2-3-7-18(16)25-19;18-10-4-3-5-12-8-9-16-14(11-12)17(19)13-6-1-2-7-15(13)20-16;2*1-4-7(5-2)6-3;1-2-3-4-5-6;4-2-1-3(5)6/h2-3,6-9,16H,4-5,10-15H2,1H3;3-5,8-11,16H,1,6-7,12-15H2,2H3;2-3,6-9,14,22H,4-5,10-13H2,1H3;1-2,6-9,11H,3-5,10H2;2*4-6H2,1-3H3;6H,2-5H2,1H3;1-2H2. The molecule has 12 rings (SSSR count). The molecule has 12 aromatic rings. The van der Waals surface area contributed by atoms with E-state index < -0.39 is 0 Å². The second kappa shape index (κ2) is 66.4. The van der Waals surface area contributed by atoms with Gasteiger partial charge in [-0.1, -0.05) is 122 Å². The lowest BCUT2D eigenvalue weighted by atomic mass is 10.1. The Hall–Kier alpha value is -8.05. The molecule has 2 N–H and O–H groups in total. The van der Waals surface area contributed by atoms with Gasteiger partial charge in [0.15, 0.2) is 21.7 Å². The van der Waals surface area contributed by atoms with E-state index in [-0.39, 0.29) is 58.3 Å². The fraction of sp³-hybridized carbons (Fsp3) is 0.447. The average molecular weight is 1940 g/mol. The van der Waals surface area contributed by atoms with Crippen LogP contribution in [-0.2, 0) is 30.3 Å². The maximum Gasteiger partial charge on any atom is 0.330 e. The van der Waals surface area contributed by atoms with Gasteiger partial charge in [0.25, 0.3) is 0 Å². The maximum absolute atomic E-state index is 12.8. The Bertz CT molecular complexity index is 5550. The zero-order valence-electron chi connectivity index (χ0n) is 77.6. The van der Waals surface area contributed by atoms with Gasteiger partial charge in [-0.05, 0) is 257 Å². The summed E-state index contributed by atoms with van der Waals surface area (Å²) in [7, 11) is 6.11. The molecule has 0 saturated heterocycles. The molecule has 4 heterocycles. The van der Waals surface area contributed by atoms with Crippen LogP contribution >= 0.6 is 91.8 Å². The molecule has 0 aliphatic rings. The summed E-state index contributed by atoms with van der Waals surface area (Å²) in [5, 5.41) is 22.7. The van der Waals surface area contributed by atoms with Crippen molar-refractivity contribution in [1.29, 1.82) is 0 Å². The lowest BCUT2D eigenvalue weighted by Gasteiger charge is -2.16. The van der Waals surface area contributed by atoms with Gasteiger partial charge in [-0.3, -0.25) is 28.8 Å². The topological polar surface area (TPSA) is 222 Å². The number of nitrogens with zero attached hydrogens (tertiary/aromatic N) is 5. The molecule has 130 heavy (non-hydrogen) atoms. The Morgan fingerprint density at radius 1 is 0.362 bits per heavy atom. The first kappa shape index (κ1) is 112. The zero-order chi connectivity index (χ0) is 94.8. The molecule has 27 heteroatoms. The monoisotopic (exact) mass is 1930 g/mol. The lowest BCUT2D eigenvalue weighted by Crippen LogP contribution is -2.23. The Balaban J connectivity index is 0.000000282. The number of hydrogen-bond donors (Lipinski definition) is 2. The zero-order valence-corrected chi connectivity index (χ0v) is 83.9. The van der Waals surface area contributed by atoms with Crippen molar-refractivity contribution in [3.05, 3.63) is 229 Å². The molecular weight excluding hydrogens is 1800 g/mol. The van der Waals surface area contributed by atoms with E-state index in [1.54, 1.807) is 45.3 Å². The van der Waals surface area contributed by atoms with Crippen LogP contribution in [0.5, 0.6) is 17.2 Å². The van der Waals surface area contributed by atoms with Gasteiger partial charge in [-0.25, -0.2) is 4.79 Å². The number of esters is 2. The fourth-order valence-electron chi connectivity index (χ4n) is 13.3. The number of carbonyl (C=O) groups excluding carboxylic acids is 3. The highest BCUT2D eigenvalue weighted by Crippen LogP contribution is 2.32. The number of carbonyl (C=O) groups is 3. The van der Waals surface area contributed by atoms with Crippen LogP contribution in [0.2, 0.25) is 0 Å². The highest BCUT2D eigenvalue weighted by molar-refractivity contribution is 7.25. The number of unbranched alkanes of at least 4 members (excludes halogenated alkanes) is 3. The van der Waals surface area contributed by atoms with Gasteiger partial charge in [0.2, 0.25) is 5.24 Å². The lowest BCUT2D eigenvalue weighted by molar-refractivity contribution is -0.143. The Morgan fingerprint density at radius 2 is 0.677 bits per heavy atom. The van der Waals surface area contributed by atoms with Gasteiger partial charge >= 0.3 is 11.9 Å². The third-order valence-corrected chi connectivity index (χ3v) is 26.2. The quantitative estimate of drug-likeness (QED) is 0.00904. The smallest absolute Gasteiger partial charge is 0.330 e. The number of halogens is 4. The largest absolute Gasteiger partial charge is 0.494 e. The van der Waals surface area contributed by atoms with E-state index in [2.05, 4.69) is 97.7 Å². The number of aliphatic hydroxyl groups is 2. The van der Waals surface area contributed by atoms with E-state index in [1.807, 2.05) is 173 Å². The van der Waals surface area contributed by atoms with E-state index in [0.29, 0.717) is 68.1 Å². The van der Waals surface area contributed by atoms with Gasteiger partial charge in [0.05, 0.1) is 39.5 Å². The summed E-state index contributed by atoms with van der Waals surface area (Å²) >= 11 is 27.7. The molecule has 0 aliphatic carbocycles. The molecule has 0 spiro atoms. The summed E-state index contributed by atoms with van der Waals surface area (Å²) in [6.07, 6.45) is 13.1. The third-order valence-electron chi connectivity index (χ3n) is 20.8. The predicted molar refractivity (Wildman–Crippen MR) is 557 cm³/mol. The summed E-state index contributed by atoms with van der Waals surface area (Å²) in [6.45, 7) is 34.2. The average Bonchev–Trinajstić information content (AvgIpc) is 0.795. The molecule has 0 bridgehead atoms. The maximum atomic E-state index is 12.8. The van der Waals surface area contributed by atoms with Crippen LogP contribution in [0.1, 0.15) is 138 Å². The number of alkyl halides is 3. The second-order valence-corrected chi connectivity index (χ2v) is 36.3. The van der Waals surface area contributed by atoms with E-state index in [0.717, 1.165) is 197 Å². The van der Waals surface area contributed by atoms with Crippen LogP contribution < -0.4 is 35.9 Å². The molecule has 0 radical (unpaired) electrons. The predicted octanol–water partition coefficient (Wildman–Crippen LogP) is 22.6. The number of hydrogen-bond acceptors (Lipinski definition) is 23. The number of ether oxygens (including phenoxy) is 5. The van der Waals surface area contributed by atoms with Crippen LogP contribution in [-0.4, -0.2) is 215 Å². The number of rotatable bonds is 44. The molecule has 4 aromatic heterocycles. The highest BCUT2D eigenvalue weighted by Gasteiger charge is 2.14. The van der Waals surface area contributed by atoms with Crippen molar-refractivity contribution in [1.82, 2.24) is 24.5 Å². The number of benzene rings is 8. The van der Waals surface area contributed by atoms with Crippen LogP contribution in [0.4, 0.5) is 0 Å². The first-order chi connectivity index (χ1) is 63.0. The first-order valence-electron chi connectivity index (χ1n) is 45.3. The molecule has 0 fully saturated rings. The molecule has 0 amide bonds. The van der Waals surface area contributed by atoms with Crippen LogP contribution in [0.25, 0.3) is 80.7 Å². The van der Waals surface area contributed by atoms with E-state index in [9.17, 15) is 33.6 Å². The number of fused-ring (bicyclic) bond motifs is 8. The SMILES string of the molecule is C=CC(=O)OCCCN(C)CCCOc1ccc2sc3ccccc3c(=O)c2c1.CCCCCO.CCN(CC)CC.CCN(CC)CC.CN(CCCO)CCCOc1ccc2sc3ccccc3c(=O)c2c1.CN(CCCOC(=O)CCCl)CCCOc1ccc2sc3ccccc3c(=O)c2c1.O=C(Cl)CCCl.O=c1c2ccccc2sc2ccc(CCCCCl)cc12. The second-order valence-electron chi connectivity index (χ2n) is 30.5. The molecule has 0 aliphatic heterocycles. The van der Waals surface area contributed by atoms with E-state index in [4.69, 9.17) is 80.3 Å². The van der Waals surface area contributed by atoms with Crippen molar-refractivity contribution in [2.24, 2.45) is 0 Å². The van der Waals surface area contributed by atoms with Crippen LogP contribution in [0.15, 0.2) is 202 Å². The summed E-state index contributed by atoms with van der Waals surface area (Å²) < 4.78 is 35.7. The van der Waals surface area contributed by atoms with Crippen molar-refractivity contribution in [3.8, 4) is 17.2 Å². The van der Waals surface area contributed by atoms with E-state index in [1.165, 1.54) is 57.3 Å². The molecule has 708 valence electrons. The van der Waals surface area contributed by atoms with Crippen molar-refractivity contribution >= 4 is 190 Å².